The van der Waals surface area contributed by atoms with E-state index in [1.807, 2.05) is 20.8 Å². The Balaban J connectivity index is 1.84. The summed E-state index contributed by atoms with van der Waals surface area (Å²) in [6.07, 6.45) is -3.06. The number of fused-ring (bicyclic) bond motifs is 1. The van der Waals surface area contributed by atoms with Gasteiger partial charge in [0.05, 0.1) is 5.92 Å². The molecule has 3 rings (SSSR count). The highest BCUT2D eigenvalue weighted by molar-refractivity contribution is 5.93. The van der Waals surface area contributed by atoms with Crippen LogP contribution in [-0.2, 0) is 4.79 Å². The van der Waals surface area contributed by atoms with Crippen molar-refractivity contribution in [1.82, 2.24) is 5.01 Å². The van der Waals surface area contributed by atoms with Gasteiger partial charge in [-0.2, -0.15) is 23.3 Å². The Morgan fingerprint density at radius 1 is 1.31 bits per heavy atom. The summed E-state index contributed by atoms with van der Waals surface area (Å²) in [5.41, 5.74) is -3.27. The van der Waals surface area contributed by atoms with E-state index >= 15 is 0 Å². The average molecular weight is 412 g/mol. The van der Waals surface area contributed by atoms with Gasteiger partial charge in [-0.15, -0.1) is 0 Å². The molecule has 5 nitrogen and oxygen atoms in total. The normalized spacial score (nSPS) is 27.4. The molecule has 8 heteroatoms. The molecular weight excluding hydrogens is 385 g/mol. The van der Waals surface area contributed by atoms with Gasteiger partial charge in [-0.3, -0.25) is 4.79 Å². The number of alkyl halides is 3. The van der Waals surface area contributed by atoms with E-state index in [2.05, 4.69) is 5.10 Å². The molecule has 1 heterocycles. The Bertz CT molecular complexity index is 779. The molecule has 1 N–H and O–H groups in total. The van der Waals surface area contributed by atoms with Crippen LogP contribution in [0.5, 0.6) is 5.75 Å². The number of halogens is 3. The zero-order valence-corrected chi connectivity index (χ0v) is 16.9. The molecule has 0 saturated heterocycles. The van der Waals surface area contributed by atoms with E-state index in [-0.39, 0.29) is 28.5 Å². The smallest absolute Gasteiger partial charge is 0.439 e. The third-order valence-electron chi connectivity index (χ3n) is 6.48. The van der Waals surface area contributed by atoms with Crippen LogP contribution in [0, 0.1) is 17.3 Å². The number of rotatable bonds is 5. The summed E-state index contributed by atoms with van der Waals surface area (Å²) >= 11 is 0. The van der Waals surface area contributed by atoms with Crippen LogP contribution in [0.1, 0.15) is 46.5 Å². The summed E-state index contributed by atoms with van der Waals surface area (Å²) in [4.78, 5) is 12.6. The van der Waals surface area contributed by atoms with Gasteiger partial charge >= 0.3 is 6.18 Å². The first-order valence-electron chi connectivity index (χ1n) is 9.88. The van der Waals surface area contributed by atoms with Gasteiger partial charge in [0, 0.05) is 5.71 Å². The number of para-hydroxylation sites is 1. The minimum atomic E-state index is -5.04. The maximum absolute atomic E-state index is 14.0. The Morgan fingerprint density at radius 2 is 1.97 bits per heavy atom. The largest absolute Gasteiger partial charge is 0.484 e. The summed E-state index contributed by atoms with van der Waals surface area (Å²) in [6.45, 7) is 5.41. The number of nitrogens with zero attached hydrogens (tertiary/aromatic N) is 2. The molecule has 0 radical (unpaired) electrons. The minimum Gasteiger partial charge on any atom is -0.484 e. The average Bonchev–Trinajstić information content (AvgIpc) is 3.00. The van der Waals surface area contributed by atoms with E-state index in [0.717, 1.165) is 6.42 Å². The van der Waals surface area contributed by atoms with Gasteiger partial charge in [0.1, 0.15) is 5.75 Å². The topological polar surface area (TPSA) is 62.1 Å². The zero-order chi connectivity index (χ0) is 21.4. The lowest BCUT2D eigenvalue weighted by atomic mass is 9.64. The fraction of sp³-hybridized carbons (Fsp3) is 0.619. The van der Waals surface area contributed by atoms with Crippen LogP contribution >= 0.6 is 0 Å². The number of aliphatic hydroxyl groups is 1. The van der Waals surface area contributed by atoms with Crippen LogP contribution in [0.2, 0.25) is 0 Å². The molecule has 1 saturated carbocycles. The molecule has 1 aromatic rings. The van der Waals surface area contributed by atoms with Gasteiger partial charge < -0.3 is 9.84 Å². The van der Waals surface area contributed by atoms with Crippen molar-refractivity contribution in [2.45, 2.75) is 58.4 Å². The van der Waals surface area contributed by atoms with Crippen LogP contribution < -0.4 is 4.74 Å². The van der Waals surface area contributed by atoms with Crippen molar-refractivity contribution in [1.29, 1.82) is 0 Å². The van der Waals surface area contributed by atoms with Crippen LogP contribution in [0.4, 0.5) is 13.2 Å². The number of ether oxygens (including phenoxy) is 1. The quantitative estimate of drug-likeness (QED) is 0.781. The third-order valence-corrected chi connectivity index (χ3v) is 6.48. The van der Waals surface area contributed by atoms with Crippen molar-refractivity contribution in [2.24, 2.45) is 22.4 Å². The first kappa shape index (κ1) is 21.6. The number of hydrogen-bond donors (Lipinski definition) is 1. The molecule has 0 bridgehead atoms. The van der Waals surface area contributed by atoms with E-state index in [1.54, 1.807) is 30.3 Å². The van der Waals surface area contributed by atoms with E-state index < -0.39 is 30.3 Å². The lowest BCUT2D eigenvalue weighted by Gasteiger charge is -2.43. The van der Waals surface area contributed by atoms with Crippen LogP contribution in [0.15, 0.2) is 35.4 Å². The molecular formula is C21H27F3N2O3. The molecule has 1 fully saturated rings. The highest BCUT2D eigenvalue weighted by Gasteiger charge is 2.69. The fourth-order valence-electron chi connectivity index (χ4n) is 4.19. The molecule has 3 atom stereocenters. The first-order chi connectivity index (χ1) is 13.5. The van der Waals surface area contributed by atoms with Gasteiger partial charge in [0.2, 0.25) is 0 Å². The monoisotopic (exact) mass is 412 g/mol. The molecule has 29 heavy (non-hydrogen) atoms. The predicted octanol–water partition coefficient (Wildman–Crippen LogP) is 4.37. The van der Waals surface area contributed by atoms with Gasteiger partial charge in [-0.1, -0.05) is 45.4 Å². The molecule has 0 aromatic heterocycles. The zero-order valence-electron chi connectivity index (χ0n) is 16.9. The standard InChI is InChI=1S/C21H27F3N2O3/c1-4-19(2,3)14-10-11-17-16(12-14)20(28,21(22,23)24)26(25-17)18(27)13-29-15-8-6-5-7-9-15/h5-9,14,16,28H,4,10-13H2,1-3H3/t14-,16+,20+/m1/s1. The summed E-state index contributed by atoms with van der Waals surface area (Å²) < 4.78 is 47.4. The number of hydrazone groups is 1. The van der Waals surface area contributed by atoms with Crippen molar-refractivity contribution in [3.05, 3.63) is 30.3 Å². The molecule has 1 aliphatic carbocycles. The van der Waals surface area contributed by atoms with E-state index in [4.69, 9.17) is 4.74 Å². The molecule has 160 valence electrons. The highest BCUT2D eigenvalue weighted by Crippen LogP contribution is 2.52. The second-order valence-corrected chi connectivity index (χ2v) is 8.49. The van der Waals surface area contributed by atoms with E-state index in [1.165, 1.54) is 0 Å². The second kappa shape index (κ2) is 7.63. The highest BCUT2D eigenvalue weighted by atomic mass is 19.4. The number of carbonyl (C=O) groups is 1. The lowest BCUT2D eigenvalue weighted by Crippen LogP contribution is -2.62. The van der Waals surface area contributed by atoms with Crippen molar-refractivity contribution >= 4 is 11.6 Å². The number of carbonyl (C=O) groups excluding carboxylic acids is 1. The maximum atomic E-state index is 14.0. The Labute approximate surface area is 168 Å². The summed E-state index contributed by atoms with van der Waals surface area (Å²) in [5.74, 6) is -1.93. The fourth-order valence-corrected chi connectivity index (χ4v) is 4.19. The molecule has 0 spiro atoms. The molecule has 1 amide bonds. The molecule has 1 aliphatic heterocycles. The van der Waals surface area contributed by atoms with Crippen molar-refractivity contribution in [3.8, 4) is 5.75 Å². The Morgan fingerprint density at radius 3 is 2.55 bits per heavy atom. The summed E-state index contributed by atoms with van der Waals surface area (Å²) in [6, 6.07) is 8.31. The third kappa shape index (κ3) is 3.86. The number of hydrogen-bond acceptors (Lipinski definition) is 4. The van der Waals surface area contributed by atoms with Gasteiger partial charge in [0.25, 0.3) is 11.6 Å². The number of amides is 1. The van der Waals surface area contributed by atoms with Crippen molar-refractivity contribution < 1.29 is 27.8 Å². The van der Waals surface area contributed by atoms with Gasteiger partial charge in [-0.05, 0) is 42.7 Å². The SMILES string of the molecule is CCC(C)(C)[C@@H]1CCC2=NN(C(=O)COc3ccccc3)[C@@](O)(C(F)(F)F)[C@H]2C1. The molecule has 1 aromatic carbocycles. The van der Waals surface area contributed by atoms with Gasteiger partial charge in [0.15, 0.2) is 6.61 Å². The van der Waals surface area contributed by atoms with E-state index in [0.29, 0.717) is 18.6 Å². The van der Waals surface area contributed by atoms with E-state index in [9.17, 15) is 23.1 Å². The maximum Gasteiger partial charge on any atom is 0.439 e. The summed E-state index contributed by atoms with van der Waals surface area (Å²) in [5, 5.41) is 15.0. The second-order valence-electron chi connectivity index (χ2n) is 8.49. The Hall–Kier alpha value is -2.09. The van der Waals surface area contributed by atoms with Crippen molar-refractivity contribution in [3.63, 3.8) is 0 Å². The van der Waals surface area contributed by atoms with Crippen LogP contribution in [0.3, 0.4) is 0 Å². The summed E-state index contributed by atoms with van der Waals surface area (Å²) in [7, 11) is 0. The first-order valence-corrected chi connectivity index (χ1v) is 9.88. The molecule has 2 aliphatic rings. The Kier molecular flexibility index (Phi) is 5.69. The van der Waals surface area contributed by atoms with Gasteiger partial charge in [-0.25, -0.2) is 0 Å². The van der Waals surface area contributed by atoms with Crippen LogP contribution in [-0.4, -0.2) is 40.2 Å². The van der Waals surface area contributed by atoms with Crippen LogP contribution in [0.25, 0.3) is 0 Å². The minimum absolute atomic E-state index is 0.000876. The predicted molar refractivity (Wildman–Crippen MR) is 102 cm³/mol. The molecule has 0 unspecified atom stereocenters. The lowest BCUT2D eigenvalue weighted by molar-refractivity contribution is -0.318. The number of benzene rings is 1. The van der Waals surface area contributed by atoms with Crippen molar-refractivity contribution in [2.75, 3.05) is 6.61 Å².